The number of sulfonamides is 1. The smallest absolute Gasteiger partial charge is 0.242 e. The van der Waals surface area contributed by atoms with Gasteiger partial charge in [-0.15, -0.1) is 0 Å². The van der Waals surface area contributed by atoms with Crippen LogP contribution in [-0.2, 0) is 26.0 Å². The molecule has 2 aromatic rings. The van der Waals surface area contributed by atoms with Crippen LogP contribution in [0.2, 0.25) is 0 Å². The van der Waals surface area contributed by atoms with Gasteiger partial charge >= 0.3 is 0 Å². The van der Waals surface area contributed by atoms with Crippen LogP contribution in [0.1, 0.15) is 45.6 Å². The molecule has 0 aliphatic heterocycles. The molecule has 36 heavy (non-hydrogen) atoms. The SMILES string of the molecule is CCNC(=O)C(CC)N(CCc1ccccc1)C(=O)CCCN(c1ccc(OCC)cc1)S(C)(=O)=O. The van der Waals surface area contributed by atoms with E-state index in [0.717, 1.165) is 11.8 Å². The van der Waals surface area contributed by atoms with Crippen molar-refractivity contribution in [2.75, 3.05) is 36.8 Å². The van der Waals surface area contributed by atoms with E-state index in [1.165, 1.54) is 4.31 Å². The molecule has 0 aromatic heterocycles. The molecule has 9 heteroatoms. The molecular formula is C27H39N3O5S. The highest BCUT2D eigenvalue weighted by Crippen LogP contribution is 2.22. The number of hydrogen-bond donors (Lipinski definition) is 1. The van der Waals surface area contributed by atoms with E-state index in [1.807, 2.05) is 51.1 Å². The highest BCUT2D eigenvalue weighted by Gasteiger charge is 2.28. The van der Waals surface area contributed by atoms with E-state index in [9.17, 15) is 18.0 Å². The molecule has 0 spiro atoms. The van der Waals surface area contributed by atoms with Crippen LogP contribution in [0.5, 0.6) is 5.75 Å². The third kappa shape index (κ3) is 8.86. The summed E-state index contributed by atoms with van der Waals surface area (Å²) in [5.74, 6) is 0.327. The van der Waals surface area contributed by atoms with E-state index in [-0.39, 0.29) is 24.8 Å². The van der Waals surface area contributed by atoms with Gasteiger partial charge in [-0.1, -0.05) is 37.3 Å². The Morgan fingerprint density at radius 2 is 1.64 bits per heavy atom. The first-order valence-corrected chi connectivity index (χ1v) is 14.4. The molecule has 0 aliphatic rings. The van der Waals surface area contributed by atoms with Gasteiger partial charge in [-0.05, 0) is 62.9 Å². The molecule has 0 fully saturated rings. The fraction of sp³-hybridized carbons (Fsp3) is 0.481. The molecule has 2 amide bonds. The Labute approximate surface area is 215 Å². The first kappa shape index (κ1) is 29.2. The Hall–Kier alpha value is -3.07. The second-order valence-corrected chi connectivity index (χ2v) is 10.4. The molecule has 198 valence electrons. The summed E-state index contributed by atoms with van der Waals surface area (Å²) in [4.78, 5) is 27.7. The van der Waals surface area contributed by atoms with Crippen LogP contribution in [0, 0.1) is 0 Å². The number of amides is 2. The summed E-state index contributed by atoms with van der Waals surface area (Å²) in [7, 11) is -3.55. The third-order valence-corrected chi connectivity index (χ3v) is 7.00. The summed E-state index contributed by atoms with van der Waals surface area (Å²) >= 11 is 0. The Morgan fingerprint density at radius 1 is 0.972 bits per heavy atom. The first-order chi connectivity index (χ1) is 17.2. The minimum atomic E-state index is -3.55. The summed E-state index contributed by atoms with van der Waals surface area (Å²) in [5.41, 5.74) is 1.60. The van der Waals surface area contributed by atoms with Gasteiger partial charge in [-0.25, -0.2) is 8.42 Å². The van der Waals surface area contributed by atoms with Gasteiger partial charge in [0.25, 0.3) is 0 Å². The fourth-order valence-corrected chi connectivity index (χ4v) is 5.03. The van der Waals surface area contributed by atoms with Crippen molar-refractivity contribution in [1.82, 2.24) is 10.2 Å². The highest BCUT2D eigenvalue weighted by atomic mass is 32.2. The number of anilines is 1. The average Bonchev–Trinajstić information content (AvgIpc) is 2.85. The van der Waals surface area contributed by atoms with Crippen LogP contribution in [0.25, 0.3) is 0 Å². The predicted molar refractivity (Wildman–Crippen MR) is 144 cm³/mol. The average molecular weight is 518 g/mol. The maximum atomic E-state index is 13.3. The molecule has 2 aromatic carbocycles. The van der Waals surface area contributed by atoms with Crippen LogP contribution in [-0.4, -0.2) is 63.7 Å². The second kappa shape index (κ2) is 14.5. The molecule has 0 aliphatic carbocycles. The molecule has 0 bridgehead atoms. The Kier molecular flexibility index (Phi) is 11.7. The van der Waals surface area contributed by atoms with E-state index < -0.39 is 16.1 Å². The topological polar surface area (TPSA) is 96.0 Å². The predicted octanol–water partition coefficient (Wildman–Crippen LogP) is 3.62. The van der Waals surface area contributed by atoms with Gasteiger partial charge in [0.2, 0.25) is 21.8 Å². The number of carbonyl (C=O) groups excluding carboxylic acids is 2. The minimum absolute atomic E-state index is 0.133. The molecule has 0 saturated carbocycles. The number of nitrogens with zero attached hydrogens (tertiary/aromatic N) is 2. The maximum absolute atomic E-state index is 13.3. The maximum Gasteiger partial charge on any atom is 0.242 e. The Morgan fingerprint density at radius 3 is 2.19 bits per heavy atom. The number of carbonyl (C=O) groups is 2. The number of hydrogen-bond acceptors (Lipinski definition) is 5. The fourth-order valence-electron chi connectivity index (χ4n) is 4.07. The van der Waals surface area contributed by atoms with E-state index >= 15 is 0 Å². The molecular weight excluding hydrogens is 478 g/mol. The zero-order chi connectivity index (χ0) is 26.6. The second-order valence-electron chi connectivity index (χ2n) is 8.51. The molecule has 2 rings (SSSR count). The molecule has 8 nitrogen and oxygen atoms in total. The largest absolute Gasteiger partial charge is 0.494 e. The quantitative estimate of drug-likeness (QED) is 0.389. The van der Waals surface area contributed by atoms with E-state index in [4.69, 9.17) is 4.74 Å². The van der Waals surface area contributed by atoms with Gasteiger partial charge in [0.1, 0.15) is 11.8 Å². The van der Waals surface area contributed by atoms with Crippen molar-refractivity contribution in [3.8, 4) is 5.75 Å². The van der Waals surface area contributed by atoms with Gasteiger partial charge < -0.3 is 15.0 Å². The molecule has 0 heterocycles. The van der Waals surface area contributed by atoms with E-state index in [1.54, 1.807) is 29.2 Å². The van der Waals surface area contributed by atoms with Gasteiger partial charge in [-0.2, -0.15) is 0 Å². The number of ether oxygens (including phenoxy) is 1. The zero-order valence-electron chi connectivity index (χ0n) is 21.8. The third-order valence-electron chi connectivity index (χ3n) is 5.81. The lowest BCUT2D eigenvalue weighted by atomic mass is 10.1. The highest BCUT2D eigenvalue weighted by molar-refractivity contribution is 7.92. The summed E-state index contributed by atoms with van der Waals surface area (Å²) < 4.78 is 31.7. The van der Waals surface area contributed by atoms with Gasteiger partial charge in [-0.3, -0.25) is 13.9 Å². The van der Waals surface area contributed by atoms with Gasteiger partial charge in [0, 0.05) is 26.1 Å². The Balaban J connectivity index is 2.12. The van der Waals surface area contributed by atoms with Crippen molar-refractivity contribution >= 4 is 27.5 Å². The standard InChI is InChI=1S/C27H39N3O5S/c1-5-25(27(32)28-6-2)29(21-19-22-12-9-8-10-13-22)26(31)14-11-20-30(36(4,33)34)23-15-17-24(18-16-23)35-7-3/h8-10,12-13,15-18,25H,5-7,11,14,19-21H2,1-4H3,(H,28,32). The van der Waals surface area contributed by atoms with Crippen molar-refractivity contribution in [2.45, 2.75) is 52.5 Å². The Bertz CT molecular complexity index is 1060. The lowest BCUT2D eigenvalue weighted by molar-refractivity contribution is -0.140. The number of rotatable bonds is 15. The zero-order valence-corrected chi connectivity index (χ0v) is 22.6. The van der Waals surface area contributed by atoms with Crippen LogP contribution < -0.4 is 14.4 Å². The summed E-state index contributed by atoms with van der Waals surface area (Å²) in [5, 5.41) is 2.83. The van der Waals surface area contributed by atoms with Crippen molar-refractivity contribution in [1.29, 1.82) is 0 Å². The summed E-state index contributed by atoms with van der Waals surface area (Å²) in [6.07, 6.45) is 2.73. The lowest BCUT2D eigenvalue weighted by Gasteiger charge is -2.31. The number of benzene rings is 2. The van der Waals surface area contributed by atoms with E-state index in [0.29, 0.717) is 50.4 Å². The van der Waals surface area contributed by atoms with Crippen LogP contribution in [0.4, 0.5) is 5.69 Å². The van der Waals surface area contributed by atoms with Gasteiger partial charge in [0.15, 0.2) is 0 Å². The van der Waals surface area contributed by atoms with Crippen LogP contribution in [0.15, 0.2) is 54.6 Å². The van der Waals surface area contributed by atoms with Crippen molar-refractivity contribution in [2.24, 2.45) is 0 Å². The first-order valence-electron chi connectivity index (χ1n) is 12.5. The molecule has 0 saturated heterocycles. The molecule has 1 N–H and O–H groups in total. The van der Waals surface area contributed by atoms with E-state index in [2.05, 4.69) is 5.32 Å². The summed E-state index contributed by atoms with van der Waals surface area (Å²) in [6.45, 7) is 7.19. The molecule has 1 atom stereocenters. The van der Waals surface area contributed by atoms with Crippen molar-refractivity contribution in [3.63, 3.8) is 0 Å². The monoisotopic (exact) mass is 517 g/mol. The van der Waals surface area contributed by atoms with Crippen molar-refractivity contribution in [3.05, 3.63) is 60.2 Å². The van der Waals surface area contributed by atoms with Crippen LogP contribution >= 0.6 is 0 Å². The normalized spacial score (nSPS) is 12.0. The number of nitrogens with one attached hydrogen (secondary N) is 1. The lowest BCUT2D eigenvalue weighted by Crippen LogP contribution is -2.50. The number of likely N-dealkylation sites (N-methyl/N-ethyl adjacent to an activating group) is 1. The molecule has 1 unspecified atom stereocenters. The van der Waals surface area contributed by atoms with Gasteiger partial charge in [0.05, 0.1) is 18.6 Å². The van der Waals surface area contributed by atoms with Crippen LogP contribution in [0.3, 0.4) is 0 Å². The minimum Gasteiger partial charge on any atom is -0.494 e. The summed E-state index contributed by atoms with van der Waals surface area (Å²) in [6, 6.07) is 16.1. The molecule has 0 radical (unpaired) electrons. The van der Waals surface area contributed by atoms with Crippen molar-refractivity contribution < 1.29 is 22.7 Å².